The minimum atomic E-state index is -0.604. The molecule has 1 atom stereocenters. The Morgan fingerprint density at radius 1 is 1.22 bits per heavy atom. The van der Waals surface area contributed by atoms with Crippen molar-refractivity contribution in [3.8, 4) is 5.75 Å². The predicted molar refractivity (Wildman–Crippen MR) is 115 cm³/mol. The summed E-state index contributed by atoms with van der Waals surface area (Å²) in [7, 11) is 1.39. The molecule has 1 unspecified atom stereocenters. The minimum absolute atomic E-state index is 0.0257. The van der Waals surface area contributed by atoms with E-state index < -0.39 is 17.7 Å². The first kappa shape index (κ1) is 22.0. The number of methoxy groups -OCH3 is 1. The highest BCUT2D eigenvalue weighted by Crippen LogP contribution is 2.24. The Kier molecular flexibility index (Phi) is 6.55. The summed E-state index contributed by atoms with van der Waals surface area (Å²) in [6, 6.07) is 7.81. The number of nitrogens with one attached hydrogen (secondary N) is 3. The molecule has 1 aliphatic carbocycles. The molecule has 1 fully saturated rings. The third-order valence-electron chi connectivity index (χ3n) is 5.79. The monoisotopic (exact) mass is 444 g/mol. The van der Waals surface area contributed by atoms with Crippen molar-refractivity contribution in [1.29, 1.82) is 0 Å². The normalized spacial score (nSPS) is 19.5. The molecule has 2 amide bonds. The van der Waals surface area contributed by atoms with E-state index in [1.165, 1.54) is 31.4 Å². The van der Waals surface area contributed by atoms with Gasteiger partial charge in [0, 0.05) is 12.5 Å². The van der Waals surface area contributed by atoms with Gasteiger partial charge < -0.3 is 25.5 Å². The third kappa shape index (κ3) is 5.16. The number of nitrogens with zero attached hydrogens (tertiary/aromatic N) is 1. The molecule has 170 valence electrons. The first-order valence-corrected chi connectivity index (χ1v) is 10.6. The Balaban J connectivity index is 1.55. The van der Waals surface area contributed by atoms with E-state index in [2.05, 4.69) is 20.6 Å². The van der Waals surface area contributed by atoms with Gasteiger partial charge in [-0.05, 0) is 61.6 Å². The molecule has 2 aromatic carbocycles. The van der Waals surface area contributed by atoms with Crippen LogP contribution in [-0.4, -0.2) is 40.4 Å². The van der Waals surface area contributed by atoms with E-state index in [0.29, 0.717) is 48.1 Å². The van der Waals surface area contributed by atoms with Gasteiger partial charge in [0.25, 0.3) is 0 Å². The number of amides is 2. The van der Waals surface area contributed by atoms with Crippen LogP contribution in [0.15, 0.2) is 36.4 Å². The lowest BCUT2D eigenvalue weighted by molar-refractivity contribution is 0.117. The fraction of sp³-hybridized carbons (Fsp3) is 0.391. The summed E-state index contributed by atoms with van der Waals surface area (Å²) in [5.41, 5.74) is 1.71. The number of hydrogen-bond donors (Lipinski definition) is 4. The van der Waals surface area contributed by atoms with Gasteiger partial charge in [-0.25, -0.2) is 18.6 Å². The van der Waals surface area contributed by atoms with Crippen molar-refractivity contribution in [1.82, 2.24) is 20.6 Å². The highest BCUT2D eigenvalue weighted by atomic mass is 19.1. The second kappa shape index (κ2) is 9.52. The fourth-order valence-electron chi connectivity index (χ4n) is 4.06. The topological polar surface area (TPSA) is 99.3 Å². The first-order valence-electron chi connectivity index (χ1n) is 10.6. The number of carbonyl (C=O) groups excluding carboxylic acids is 1. The maximum atomic E-state index is 14.2. The number of aliphatic hydroxyl groups is 1. The number of fused-ring (bicyclic) bond motifs is 1. The lowest BCUT2D eigenvalue weighted by atomic mass is 9.93. The molecule has 4 rings (SSSR count). The molecule has 1 heterocycles. The second-order valence-electron chi connectivity index (χ2n) is 8.13. The van der Waals surface area contributed by atoms with Gasteiger partial charge in [-0.1, -0.05) is 6.07 Å². The van der Waals surface area contributed by atoms with Gasteiger partial charge >= 0.3 is 6.03 Å². The number of hydrogen-bond acceptors (Lipinski definition) is 4. The molecule has 4 N–H and O–H groups in total. The van der Waals surface area contributed by atoms with Gasteiger partial charge in [-0.15, -0.1) is 0 Å². The Morgan fingerprint density at radius 3 is 2.72 bits per heavy atom. The van der Waals surface area contributed by atoms with E-state index in [4.69, 9.17) is 4.74 Å². The molecule has 32 heavy (non-hydrogen) atoms. The minimum Gasteiger partial charge on any atom is -0.494 e. The zero-order valence-electron chi connectivity index (χ0n) is 17.7. The number of imidazole rings is 1. The average Bonchev–Trinajstić information content (AvgIpc) is 3.18. The Hall–Kier alpha value is -3.20. The number of aromatic nitrogens is 2. The van der Waals surface area contributed by atoms with E-state index in [0.717, 1.165) is 0 Å². The van der Waals surface area contributed by atoms with Gasteiger partial charge in [0.05, 0.1) is 30.3 Å². The van der Waals surface area contributed by atoms with E-state index in [9.17, 15) is 18.7 Å². The number of halogens is 2. The summed E-state index contributed by atoms with van der Waals surface area (Å²) >= 11 is 0. The molecule has 1 aliphatic rings. The van der Waals surface area contributed by atoms with Gasteiger partial charge in [-0.3, -0.25) is 0 Å². The van der Waals surface area contributed by atoms with Crippen molar-refractivity contribution in [2.45, 2.75) is 50.3 Å². The molecule has 9 heteroatoms. The van der Waals surface area contributed by atoms with E-state index in [1.54, 1.807) is 12.1 Å². The quantitative estimate of drug-likeness (QED) is 0.466. The summed E-state index contributed by atoms with van der Waals surface area (Å²) < 4.78 is 32.8. The van der Waals surface area contributed by atoms with Crippen LogP contribution in [0.5, 0.6) is 5.75 Å². The molecule has 0 aliphatic heterocycles. The zero-order valence-corrected chi connectivity index (χ0v) is 17.7. The number of urea groups is 1. The van der Waals surface area contributed by atoms with Gasteiger partial charge in [0.15, 0.2) is 11.6 Å². The lowest BCUT2D eigenvalue weighted by Gasteiger charge is -2.27. The van der Waals surface area contributed by atoms with Gasteiger partial charge in [-0.2, -0.15) is 0 Å². The van der Waals surface area contributed by atoms with Crippen LogP contribution in [0.3, 0.4) is 0 Å². The molecule has 3 aromatic rings. The van der Waals surface area contributed by atoms with Crippen LogP contribution in [0.25, 0.3) is 11.0 Å². The van der Waals surface area contributed by atoms with Crippen LogP contribution in [0, 0.1) is 11.6 Å². The maximum absolute atomic E-state index is 14.2. The standard InChI is InChI=1S/C23H26F2N4O3/c1-32-21-9-2-13(10-17(21)25)11-20(22-27-18-8-3-14(24)12-19(18)28-22)29-23(31)26-15-4-6-16(30)7-5-15/h2-3,8-10,12,15-16,20,30H,4-7,11H2,1H3,(H,27,28)(H2,26,29,31)/t15-,16-,20?. The number of aliphatic hydroxyl groups excluding tert-OH is 1. The van der Waals surface area contributed by atoms with Crippen molar-refractivity contribution in [2.75, 3.05) is 7.11 Å². The van der Waals surface area contributed by atoms with Crippen LogP contribution < -0.4 is 15.4 Å². The molecule has 0 radical (unpaired) electrons. The van der Waals surface area contributed by atoms with Crippen molar-refractivity contribution < 1.29 is 23.4 Å². The van der Waals surface area contributed by atoms with Crippen molar-refractivity contribution in [3.63, 3.8) is 0 Å². The van der Waals surface area contributed by atoms with E-state index in [-0.39, 0.29) is 30.3 Å². The number of aromatic amines is 1. The summed E-state index contributed by atoms with van der Waals surface area (Å²) in [5.74, 6) is -0.321. The highest BCUT2D eigenvalue weighted by molar-refractivity contribution is 5.76. The predicted octanol–water partition coefficient (Wildman–Crippen LogP) is 3.74. The first-order chi connectivity index (χ1) is 15.4. The van der Waals surface area contributed by atoms with E-state index in [1.807, 2.05) is 0 Å². The molecular weight excluding hydrogens is 418 g/mol. The zero-order chi connectivity index (χ0) is 22.7. The number of ether oxygens (including phenoxy) is 1. The molecule has 0 saturated heterocycles. The lowest BCUT2D eigenvalue weighted by Crippen LogP contribution is -2.45. The van der Waals surface area contributed by atoms with E-state index >= 15 is 0 Å². The molecule has 0 spiro atoms. The van der Waals surface area contributed by atoms with Crippen LogP contribution in [0.4, 0.5) is 13.6 Å². The Labute approximate surface area is 184 Å². The van der Waals surface area contributed by atoms with Crippen LogP contribution in [-0.2, 0) is 6.42 Å². The van der Waals surface area contributed by atoms with Crippen molar-refractivity contribution in [2.24, 2.45) is 0 Å². The summed E-state index contributed by atoms with van der Waals surface area (Å²) in [6.07, 6.45) is 2.65. The van der Waals surface area contributed by atoms with Crippen LogP contribution in [0.2, 0.25) is 0 Å². The summed E-state index contributed by atoms with van der Waals surface area (Å²) in [4.78, 5) is 20.3. The van der Waals surface area contributed by atoms with Crippen LogP contribution >= 0.6 is 0 Å². The number of rotatable bonds is 6. The highest BCUT2D eigenvalue weighted by Gasteiger charge is 2.24. The summed E-state index contributed by atoms with van der Waals surface area (Å²) in [6.45, 7) is 0. The van der Waals surface area contributed by atoms with Crippen LogP contribution in [0.1, 0.15) is 43.1 Å². The molecule has 0 bridgehead atoms. The molecular formula is C23H26F2N4O3. The molecule has 1 aromatic heterocycles. The average molecular weight is 444 g/mol. The maximum Gasteiger partial charge on any atom is 0.315 e. The Morgan fingerprint density at radius 2 is 2.00 bits per heavy atom. The molecule has 1 saturated carbocycles. The number of benzene rings is 2. The smallest absolute Gasteiger partial charge is 0.315 e. The van der Waals surface area contributed by atoms with Crippen molar-refractivity contribution >= 4 is 17.1 Å². The third-order valence-corrected chi connectivity index (χ3v) is 5.79. The second-order valence-corrected chi connectivity index (χ2v) is 8.13. The SMILES string of the molecule is COc1ccc(CC(NC(=O)N[C@H]2CC[C@H](O)CC2)c2nc3ccc(F)cc3[nH]2)cc1F. The molecule has 7 nitrogen and oxygen atoms in total. The van der Waals surface area contributed by atoms with Gasteiger partial charge in [0.1, 0.15) is 11.6 Å². The largest absolute Gasteiger partial charge is 0.494 e. The Bertz CT molecular complexity index is 1100. The summed E-state index contributed by atoms with van der Waals surface area (Å²) in [5, 5.41) is 15.5. The number of carbonyl (C=O) groups is 1. The number of H-pyrrole nitrogens is 1. The van der Waals surface area contributed by atoms with Gasteiger partial charge in [0.2, 0.25) is 0 Å². The van der Waals surface area contributed by atoms with Crippen molar-refractivity contribution in [3.05, 3.63) is 59.4 Å². The fourth-order valence-corrected chi connectivity index (χ4v) is 4.06.